The zero-order valence-corrected chi connectivity index (χ0v) is 11.7. The van der Waals surface area contributed by atoms with Gasteiger partial charge >= 0.3 is 0 Å². The molecule has 1 fully saturated rings. The van der Waals surface area contributed by atoms with E-state index >= 15 is 0 Å². The topological polar surface area (TPSA) is 49.5 Å². The molecule has 2 unspecified atom stereocenters. The summed E-state index contributed by atoms with van der Waals surface area (Å²) in [7, 11) is 0. The Hall–Kier alpha value is -1.13. The third-order valence-corrected chi connectivity index (χ3v) is 3.95. The number of halogens is 1. The molecule has 1 aromatic carbocycles. The molecule has 0 spiro atoms. The molecule has 2 rings (SSSR count). The van der Waals surface area contributed by atoms with E-state index in [9.17, 15) is 9.50 Å². The van der Waals surface area contributed by atoms with E-state index in [4.69, 9.17) is 5.73 Å². The number of hydrogen-bond acceptors (Lipinski definition) is 3. The van der Waals surface area contributed by atoms with Gasteiger partial charge in [0.25, 0.3) is 0 Å². The van der Waals surface area contributed by atoms with E-state index in [0.29, 0.717) is 5.56 Å². The molecular formula is C15H23FN2O. The third-order valence-electron chi connectivity index (χ3n) is 3.95. The molecule has 0 radical (unpaired) electrons. The van der Waals surface area contributed by atoms with Crippen molar-refractivity contribution in [2.24, 2.45) is 5.73 Å². The van der Waals surface area contributed by atoms with Crippen LogP contribution in [0.15, 0.2) is 12.1 Å². The molecule has 2 atom stereocenters. The van der Waals surface area contributed by atoms with Gasteiger partial charge in [-0.2, -0.15) is 0 Å². The fraction of sp³-hybridized carbons (Fsp3) is 0.600. The Labute approximate surface area is 114 Å². The van der Waals surface area contributed by atoms with Gasteiger partial charge in [0.1, 0.15) is 5.82 Å². The predicted octanol–water partition coefficient (Wildman–Crippen LogP) is 2.51. The van der Waals surface area contributed by atoms with Crippen LogP contribution in [0.1, 0.15) is 43.4 Å². The number of rotatable bonds is 3. The molecular weight excluding hydrogens is 243 g/mol. The zero-order valence-electron chi connectivity index (χ0n) is 11.7. The van der Waals surface area contributed by atoms with Crippen molar-refractivity contribution in [2.45, 2.75) is 45.2 Å². The molecule has 0 bridgehead atoms. The molecule has 1 saturated heterocycles. The van der Waals surface area contributed by atoms with Crippen molar-refractivity contribution < 1.29 is 9.50 Å². The molecule has 0 amide bonds. The Kier molecular flexibility index (Phi) is 4.42. The maximum absolute atomic E-state index is 13.7. The second-order valence-corrected chi connectivity index (χ2v) is 5.47. The van der Waals surface area contributed by atoms with Crippen LogP contribution < -0.4 is 10.6 Å². The van der Waals surface area contributed by atoms with Crippen LogP contribution in [0.2, 0.25) is 0 Å². The molecule has 1 heterocycles. The first-order valence-corrected chi connectivity index (χ1v) is 6.97. The number of anilines is 1. The molecule has 3 N–H and O–H groups in total. The highest BCUT2D eigenvalue weighted by molar-refractivity contribution is 5.58. The molecule has 1 aromatic rings. The average molecular weight is 266 g/mol. The summed E-state index contributed by atoms with van der Waals surface area (Å²) in [4.78, 5) is 2.19. The first kappa shape index (κ1) is 14.3. The number of aliphatic hydroxyl groups is 1. The second-order valence-electron chi connectivity index (χ2n) is 5.47. The number of piperidine rings is 1. The van der Waals surface area contributed by atoms with Gasteiger partial charge in [-0.1, -0.05) is 0 Å². The summed E-state index contributed by atoms with van der Waals surface area (Å²) in [5, 5.41) is 9.53. The largest absolute Gasteiger partial charge is 0.394 e. The van der Waals surface area contributed by atoms with Crippen LogP contribution >= 0.6 is 0 Å². The van der Waals surface area contributed by atoms with Crippen molar-refractivity contribution >= 4 is 5.69 Å². The lowest BCUT2D eigenvalue weighted by Gasteiger charge is -2.38. The highest BCUT2D eigenvalue weighted by Crippen LogP contribution is 2.32. The first-order chi connectivity index (χ1) is 9.04. The van der Waals surface area contributed by atoms with Crippen molar-refractivity contribution in [3.8, 4) is 0 Å². The number of hydrogen-bond donors (Lipinski definition) is 2. The third kappa shape index (κ3) is 2.90. The smallest absolute Gasteiger partial charge is 0.126 e. The van der Waals surface area contributed by atoms with E-state index in [1.54, 1.807) is 13.0 Å². The maximum atomic E-state index is 13.7. The van der Waals surface area contributed by atoms with Gasteiger partial charge in [0.05, 0.1) is 12.6 Å². The van der Waals surface area contributed by atoms with Crippen LogP contribution in [0.3, 0.4) is 0 Å². The Bertz CT molecular complexity index is 448. The lowest BCUT2D eigenvalue weighted by molar-refractivity contribution is 0.240. The Morgan fingerprint density at radius 1 is 1.47 bits per heavy atom. The molecule has 3 nitrogen and oxygen atoms in total. The summed E-state index contributed by atoms with van der Waals surface area (Å²) in [6.07, 6.45) is 3.21. The number of aryl methyl sites for hydroxylation is 1. The summed E-state index contributed by atoms with van der Waals surface area (Å²) < 4.78 is 13.7. The summed E-state index contributed by atoms with van der Waals surface area (Å²) in [5.41, 5.74) is 8.40. The Morgan fingerprint density at radius 3 is 2.84 bits per heavy atom. The number of aliphatic hydroxyl groups excluding tert-OH is 1. The maximum Gasteiger partial charge on any atom is 0.126 e. The summed E-state index contributed by atoms with van der Waals surface area (Å²) >= 11 is 0. The predicted molar refractivity (Wildman–Crippen MR) is 75.8 cm³/mol. The molecule has 0 aliphatic carbocycles. The highest BCUT2D eigenvalue weighted by atomic mass is 19.1. The van der Waals surface area contributed by atoms with E-state index in [-0.39, 0.29) is 24.5 Å². The van der Waals surface area contributed by atoms with Crippen molar-refractivity contribution in [1.82, 2.24) is 0 Å². The SMILES string of the molecule is Cc1cc(N2CCCCC2CO)c(C(C)N)cc1F. The molecule has 0 aromatic heterocycles. The number of benzene rings is 1. The van der Waals surface area contributed by atoms with E-state index in [2.05, 4.69) is 4.90 Å². The molecule has 106 valence electrons. The lowest BCUT2D eigenvalue weighted by atomic mass is 9.97. The highest BCUT2D eigenvalue weighted by Gasteiger charge is 2.25. The fourth-order valence-electron chi connectivity index (χ4n) is 2.80. The van der Waals surface area contributed by atoms with Crippen LogP contribution in [-0.4, -0.2) is 24.3 Å². The molecule has 19 heavy (non-hydrogen) atoms. The fourth-order valence-corrected chi connectivity index (χ4v) is 2.80. The molecule has 1 aliphatic rings. The number of nitrogens with zero attached hydrogens (tertiary/aromatic N) is 1. The van der Waals surface area contributed by atoms with E-state index < -0.39 is 0 Å². The van der Waals surface area contributed by atoms with Gasteiger partial charge < -0.3 is 15.7 Å². The van der Waals surface area contributed by atoms with Crippen molar-refractivity contribution in [3.05, 3.63) is 29.1 Å². The van der Waals surface area contributed by atoms with Gasteiger partial charge in [-0.25, -0.2) is 4.39 Å². The van der Waals surface area contributed by atoms with Crippen LogP contribution in [0.4, 0.5) is 10.1 Å². The van der Waals surface area contributed by atoms with Crippen molar-refractivity contribution in [2.75, 3.05) is 18.1 Å². The van der Waals surface area contributed by atoms with Crippen LogP contribution in [0.25, 0.3) is 0 Å². The Balaban J connectivity index is 2.44. The molecule has 0 saturated carbocycles. The monoisotopic (exact) mass is 266 g/mol. The molecule has 1 aliphatic heterocycles. The minimum atomic E-state index is -0.216. The van der Waals surface area contributed by atoms with Gasteiger partial charge in [0, 0.05) is 18.3 Å². The van der Waals surface area contributed by atoms with Crippen LogP contribution in [-0.2, 0) is 0 Å². The Morgan fingerprint density at radius 2 is 2.21 bits per heavy atom. The van der Waals surface area contributed by atoms with Gasteiger partial charge in [0.15, 0.2) is 0 Å². The second kappa shape index (κ2) is 5.88. The lowest BCUT2D eigenvalue weighted by Crippen LogP contribution is -2.42. The normalized spacial score (nSPS) is 21.5. The van der Waals surface area contributed by atoms with E-state index in [1.807, 2.05) is 13.0 Å². The van der Waals surface area contributed by atoms with Gasteiger partial charge in [-0.05, 0) is 56.4 Å². The molecule has 4 heteroatoms. The quantitative estimate of drug-likeness (QED) is 0.883. The minimum Gasteiger partial charge on any atom is -0.394 e. The first-order valence-electron chi connectivity index (χ1n) is 6.97. The van der Waals surface area contributed by atoms with E-state index in [0.717, 1.165) is 37.1 Å². The zero-order chi connectivity index (χ0) is 14.0. The van der Waals surface area contributed by atoms with Gasteiger partial charge in [-0.15, -0.1) is 0 Å². The van der Waals surface area contributed by atoms with Gasteiger partial charge in [-0.3, -0.25) is 0 Å². The van der Waals surface area contributed by atoms with Crippen molar-refractivity contribution in [1.29, 1.82) is 0 Å². The summed E-state index contributed by atoms with van der Waals surface area (Å²) in [6, 6.07) is 3.31. The average Bonchev–Trinajstić information content (AvgIpc) is 2.41. The summed E-state index contributed by atoms with van der Waals surface area (Å²) in [5.74, 6) is -0.214. The number of nitrogens with two attached hydrogens (primary N) is 1. The van der Waals surface area contributed by atoms with Gasteiger partial charge in [0.2, 0.25) is 0 Å². The van der Waals surface area contributed by atoms with E-state index in [1.165, 1.54) is 0 Å². The summed E-state index contributed by atoms with van der Waals surface area (Å²) in [6.45, 7) is 4.66. The van der Waals surface area contributed by atoms with Crippen LogP contribution in [0.5, 0.6) is 0 Å². The minimum absolute atomic E-state index is 0.121. The standard InChI is InChI=1S/C15H23FN2O/c1-10-7-15(13(11(2)17)8-14(10)16)18-6-4-3-5-12(18)9-19/h7-8,11-12,19H,3-6,9,17H2,1-2H3. The van der Waals surface area contributed by atoms with Crippen LogP contribution in [0, 0.1) is 12.7 Å². The van der Waals surface area contributed by atoms with Crippen molar-refractivity contribution in [3.63, 3.8) is 0 Å².